The summed E-state index contributed by atoms with van der Waals surface area (Å²) in [6, 6.07) is 4.61. The maximum absolute atomic E-state index is 12.2. The van der Waals surface area contributed by atoms with Gasteiger partial charge in [-0.3, -0.25) is 9.78 Å². The van der Waals surface area contributed by atoms with E-state index in [-0.39, 0.29) is 22.6 Å². The van der Waals surface area contributed by atoms with Crippen molar-refractivity contribution in [1.82, 2.24) is 4.98 Å². The Morgan fingerprint density at radius 2 is 1.90 bits per heavy atom. The molecule has 0 saturated heterocycles. The van der Waals surface area contributed by atoms with Crippen molar-refractivity contribution in [2.75, 3.05) is 5.32 Å². The van der Waals surface area contributed by atoms with E-state index in [2.05, 4.69) is 10.3 Å². The Morgan fingerprint density at radius 1 is 1.19 bits per heavy atom. The SMILES string of the molecule is Cc1cc(C)c(NC(=O)c2ccncc2O)c(C(=O)O)c1. The van der Waals surface area contributed by atoms with E-state index in [9.17, 15) is 19.8 Å². The van der Waals surface area contributed by atoms with E-state index >= 15 is 0 Å². The van der Waals surface area contributed by atoms with Gasteiger partial charge in [0.2, 0.25) is 0 Å². The Morgan fingerprint density at radius 3 is 2.52 bits per heavy atom. The third-order valence-electron chi connectivity index (χ3n) is 2.99. The molecular weight excluding hydrogens is 272 g/mol. The van der Waals surface area contributed by atoms with Crippen LogP contribution in [-0.4, -0.2) is 27.1 Å². The number of amides is 1. The molecule has 108 valence electrons. The van der Waals surface area contributed by atoms with Crippen LogP contribution in [0.1, 0.15) is 31.8 Å². The average molecular weight is 286 g/mol. The van der Waals surface area contributed by atoms with Crippen molar-refractivity contribution in [2.24, 2.45) is 0 Å². The first-order chi connectivity index (χ1) is 9.90. The molecule has 1 heterocycles. The van der Waals surface area contributed by atoms with Crippen LogP contribution < -0.4 is 5.32 Å². The molecule has 3 N–H and O–H groups in total. The first kappa shape index (κ1) is 14.5. The Bertz CT molecular complexity index is 726. The highest BCUT2D eigenvalue weighted by Gasteiger charge is 2.18. The molecule has 2 aromatic rings. The molecule has 0 unspecified atom stereocenters. The number of anilines is 1. The number of carboxylic acids is 1. The molecule has 0 radical (unpaired) electrons. The number of aromatic nitrogens is 1. The molecule has 1 amide bonds. The molecule has 0 aliphatic carbocycles. The van der Waals surface area contributed by atoms with Gasteiger partial charge in [0.25, 0.3) is 5.91 Å². The molecule has 0 atom stereocenters. The normalized spacial score (nSPS) is 10.2. The number of carboxylic acid groups (broad SMARTS) is 1. The molecule has 0 fully saturated rings. The van der Waals surface area contributed by atoms with Crippen LogP contribution in [-0.2, 0) is 0 Å². The summed E-state index contributed by atoms with van der Waals surface area (Å²) in [5.41, 5.74) is 1.67. The predicted octanol–water partition coefficient (Wildman–Crippen LogP) is 2.35. The van der Waals surface area contributed by atoms with Crippen LogP contribution >= 0.6 is 0 Å². The Balaban J connectivity index is 2.42. The van der Waals surface area contributed by atoms with Crippen molar-refractivity contribution in [3.05, 3.63) is 52.8 Å². The summed E-state index contributed by atoms with van der Waals surface area (Å²) in [4.78, 5) is 27.1. The number of pyridine rings is 1. The van der Waals surface area contributed by atoms with Crippen molar-refractivity contribution >= 4 is 17.6 Å². The van der Waals surface area contributed by atoms with Gasteiger partial charge in [-0.1, -0.05) is 6.07 Å². The number of carbonyl (C=O) groups excluding carboxylic acids is 1. The van der Waals surface area contributed by atoms with Gasteiger partial charge in [-0.15, -0.1) is 0 Å². The standard InChI is InChI=1S/C15H14N2O4/c1-8-5-9(2)13(11(6-8)15(20)21)17-14(19)10-3-4-16-7-12(10)18/h3-7,18H,1-2H3,(H,17,19)(H,20,21). The minimum absolute atomic E-state index is 0.00870. The highest BCUT2D eigenvalue weighted by atomic mass is 16.4. The Labute approximate surface area is 121 Å². The maximum Gasteiger partial charge on any atom is 0.337 e. The van der Waals surface area contributed by atoms with E-state index in [0.717, 1.165) is 11.8 Å². The number of nitrogens with one attached hydrogen (secondary N) is 1. The van der Waals surface area contributed by atoms with Crippen molar-refractivity contribution in [3.8, 4) is 5.75 Å². The van der Waals surface area contributed by atoms with Crippen LogP contribution in [0.5, 0.6) is 5.75 Å². The van der Waals surface area contributed by atoms with Gasteiger partial charge in [0.15, 0.2) is 0 Å². The average Bonchev–Trinajstić information content (AvgIpc) is 2.41. The summed E-state index contributed by atoms with van der Waals surface area (Å²) in [6.07, 6.45) is 2.52. The van der Waals surface area contributed by atoms with Crippen molar-refractivity contribution in [2.45, 2.75) is 13.8 Å². The zero-order valence-electron chi connectivity index (χ0n) is 11.5. The molecule has 0 saturated carbocycles. The first-order valence-corrected chi connectivity index (χ1v) is 6.19. The number of aromatic hydroxyl groups is 1. The minimum Gasteiger partial charge on any atom is -0.505 e. The first-order valence-electron chi connectivity index (χ1n) is 6.19. The number of aryl methyl sites for hydroxylation is 2. The summed E-state index contributed by atoms with van der Waals surface area (Å²) in [6.45, 7) is 3.49. The van der Waals surface area contributed by atoms with E-state index in [0.29, 0.717) is 5.56 Å². The van der Waals surface area contributed by atoms with Gasteiger partial charge in [-0.25, -0.2) is 4.79 Å². The smallest absolute Gasteiger partial charge is 0.337 e. The number of hydrogen-bond acceptors (Lipinski definition) is 4. The molecule has 0 bridgehead atoms. The molecule has 6 heteroatoms. The number of nitrogens with zero attached hydrogens (tertiary/aromatic N) is 1. The molecule has 0 spiro atoms. The van der Waals surface area contributed by atoms with Gasteiger partial charge < -0.3 is 15.5 Å². The molecule has 1 aromatic heterocycles. The van der Waals surface area contributed by atoms with Crippen LogP contribution in [0.15, 0.2) is 30.6 Å². The minimum atomic E-state index is -1.13. The molecule has 0 aliphatic heterocycles. The molecule has 6 nitrogen and oxygen atoms in total. The zero-order valence-corrected chi connectivity index (χ0v) is 11.5. The molecule has 21 heavy (non-hydrogen) atoms. The third-order valence-corrected chi connectivity index (χ3v) is 2.99. The van der Waals surface area contributed by atoms with Gasteiger partial charge >= 0.3 is 5.97 Å². The molecular formula is C15H14N2O4. The second-order valence-corrected chi connectivity index (χ2v) is 4.66. The third kappa shape index (κ3) is 3.00. The fourth-order valence-corrected chi connectivity index (χ4v) is 2.06. The van der Waals surface area contributed by atoms with E-state index in [4.69, 9.17) is 0 Å². The van der Waals surface area contributed by atoms with E-state index in [1.165, 1.54) is 18.3 Å². The number of benzene rings is 1. The summed E-state index contributed by atoms with van der Waals surface area (Å²) in [5.74, 6) is -1.99. The molecule has 1 aromatic carbocycles. The van der Waals surface area contributed by atoms with E-state index < -0.39 is 11.9 Å². The van der Waals surface area contributed by atoms with Gasteiger partial charge in [0.1, 0.15) is 5.75 Å². The second-order valence-electron chi connectivity index (χ2n) is 4.66. The number of aromatic carboxylic acids is 1. The number of rotatable bonds is 3. The summed E-state index contributed by atoms with van der Waals surface area (Å²) < 4.78 is 0. The molecule has 0 aliphatic rings. The van der Waals surface area contributed by atoms with Gasteiger partial charge in [0.05, 0.1) is 23.0 Å². The number of carbonyl (C=O) groups is 2. The predicted molar refractivity (Wildman–Crippen MR) is 76.7 cm³/mol. The quantitative estimate of drug-likeness (QED) is 0.804. The monoisotopic (exact) mass is 286 g/mol. The van der Waals surface area contributed by atoms with E-state index in [1.807, 2.05) is 0 Å². The highest BCUT2D eigenvalue weighted by molar-refractivity contribution is 6.09. The summed E-state index contributed by atoms with van der Waals surface area (Å²) >= 11 is 0. The van der Waals surface area contributed by atoms with Gasteiger partial charge in [-0.05, 0) is 37.1 Å². The highest BCUT2D eigenvalue weighted by Crippen LogP contribution is 2.25. The van der Waals surface area contributed by atoms with Crippen LogP contribution in [0.2, 0.25) is 0 Å². The lowest BCUT2D eigenvalue weighted by molar-refractivity contribution is 0.0698. The Kier molecular flexibility index (Phi) is 3.89. The lowest BCUT2D eigenvalue weighted by atomic mass is 10.0. The fraction of sp³-hybridized carbons (Fsp3) is 0.133. The van der Waals surface area contributed by atoms with Crippen LogP contribution in [0.3, 0.4) is 0 Å². The summed E-state index contributed by atoms with van der Waals surface area (Å²) in [7, 11) is 0. The van der Waals surface area contributed by atoms with Crippen LogP contribution in [0, 0.1) is 13.8 Å². The van der Waals surface area contributed by atoms with Crippen molar-refractivity contribution < 1.29 is 19.8 Å². The summed E-state index contributed by atoms with van der Waals surface area (Å²) in [5, 5.41) is 21.4. The van der Waals surface area contributed by atoms with Gasteiger partial charge in [0, 0.05) is 6.20 Å². The molecule has 2 rings (SSSR count). The second kappa shape index (κ2) is 5.62. The lowest BCUT2D eigenvalue weighted by Gasteiger charge is -2.13. The maximum atomic E-state index is 12.2. The van der Waals surface area contributed by atoms with Crippen molar-refractivity contribution in [1.29, 1.82) is 0 Å². The topological polar surface area (TPSA) is 99.5 Å². The van der Waals surface area contributed by atoms with Gasteiger partial charge in [-0.2, -0.15) is 0 Å². The lowest BCUT2D eigenvalue weighted by Crippen LogP contribution is -2.16. The number of hydrogen-bond donors (Lipinski definition) is 3. The Hall–Kier alpha value is -2.89. The zero-order chi connectivity index (χ0) is 15.6. The van der Waals surface area contributed by atoms with Crippen molar-refractivity contribution in [3.63, 3.8) is 0 Å². The van der Waals surface area contributed by atoms with Crippen LogP contribution in [0.4, 0.5) is 5.69 Å². The van der Waals surface area contributed by atoms with E-state index in [1.54, 1.807) is 19.9 Å². The largest absolute Gasteiger partial charge is 0.505 e. The van der Waals surface area contributed by atoms with Crippen LogP contribution in [0.25, 0.3) is 0 Å². The fourth-order valence-electron chi connectivity index (χ4n) is 2.06.